The number of carboxylic acids is 1. The number of nitrogens with one attached hydrogen (secondary N) is 1. The minimum absolute atomic E-state index is 0.0556. The van der Waals surface area contributed by atoms with E-state index in [2.05, 4.69) is 10.6 Å². The number of sulfonamides is 1. The van der Waals surface area contributed by atoms with Crippen LogP contribution in [-0.2, 0) is 10.0 Å². The largest absolute Gasteiger partial charge is 0.478 e. The second kappa shape index (κ2) is 7.71. The molecule has 0 heterocycles. The molecular weight excluding hydrogens is 334 g/mol. The van der Waals surface area contributed by atoms with Crippen molar-refractivity contribution >= 4 is 39.4 Å². The first-order valence-electron chi connectivity index (χ1n) is 5.84. The van der Waals surface area contributed by atoms with Crippen LogP contribution >= 0.6 is 23.4 Å². The Morgan fingerprint density at radius 1 is 1.52 bits per heavy atom. The maximum atomic E-state index is 12.2. The molecular formula is C13H14ClNO4S2. The van der Waals surface area contributed by atoms with E-state index in [-0.39, 0.29) is 27.6 Å². The predicted octanol–water partition coefficient (Wildman–Crippen LogP) is 1.99. The summed E-state index contributed by atoms with van der Waals surface area (Å²) < 4.78 is 26.8. The highest BCUT2D eigenvalue weighted by Crippen LogP contribution is 2.24. The molecule has 0 unspecified atom stereocenters. The maximum Gasteiger partial charge on any atom is 0.336 e. The van der Waals surface area contributed by atoms with Crippen LogP contribution in [0.3, 0.4) is 0 Å². The third-order valence-corrected chi connectivity index (χ3v) is 5.24. The van der Waals surface area contributed by atoms with Gasteiger partial charge in [-0.25, -0.2) is 17.9 Å². The predicted molar refractivity (Wildman–Crippen MR) is 84.5 cm³/mol. The summed E-state index contributed by atoms with van der Waals surface area (Å²) in [6.45, 7) is 1.63. The van der Waals surface area contributed by atoms with Crippen molar-refractivity contribution in [2.75, 3.05) is 18.1 Å². The molecule has 1 aromatic carbocycles. The number of halogens is 1. The number of thioether (sulfide) groups is 1. The van der Waals surface area contributed by atoms with E-state index in [0.717, 1.165) is 0 Å². The number of hydrogen-bond acceptors (Lipinski definition) is 4. The Morgan fingerprint density at radius 2 is 2.19 bits per heavy atom. The molecule has 0 atom stereocenters. The van der Waals surface area contributed by atoms with E-state index in [1.54, 1.807) is 0 Å². The molecule has 2 N–H and O–H groups in total. The summed E-state index contributed by atoms with van der Waals surface area (Å²) >= 11 is 7.21. The number of rotatable bonds is 7. The van der Waals surface area contributed by atoms with Crippen LogP contribution in [-0.4, -0.2) is 37.5 Å². The Hall–Kier alpha value is -1.20. The summed E-state index contributed by atoms with van der Waals surface area (Å²) in [6.07, 6.45) is 5.09. The van der Waals surface area contributed by atoms with Gasteiger partial charge in [0, 0.05) is 17.3 Å². The lowest BCUT2D eigenvalue weighted by Crippen LogP contribution is -2.27. The quantitative estimate of drug-likeness (QED) is 0.582. The summed E-state index contributed by atoms with van der Waals surface area (Å²) in [5, 5.41) is 9.11. The summed E-state index contributed by atoms with van der Waals surface area (Å²) in [5.41, 5.74) is 0.0141. The Kier molecular flexibility index (Phi) is 6.55. The summed E-state index contributed by atoms with van der Waals surface area (Å²) in [4.78, 5) is 11.0. The van der Waals surface area contributed by atoms with Gasteiger partial charge in [-0.05, 0) is 24.6 Å². The molecule has 21 heavy (non-hydrogen) atoms. The molecule has 0 spiro atoms. The average molecular weight is 348 g/mol. The van der Waals surface area contributed by atoms with Crippen LogP contribution < -0.4 is 4.72 Å². The maximum absolute atomic E-state index is 12.2. The average Bonchev–Trinajstić information content (AvgIpc) is 2.40. The Balaban J connectivity index is 2.98. The summed E-state index contributed by atoms with van der Waals surface area (Å²) in [7, 11) is -3.82. The Morgan fingerprint density at radius 3 is 2.76 bits per heavy atom. The Bertz CT molecular complexity index is 680. The van der Waals surface area contributed by atoms with Gasteiger partial charge in [-0.3, -0.25) is 0 Å². The van der Waals surface area contributed by atoms with Crippen LogP contribution in [0.4, 0.5) is 0 Å². The fraction of sp³-hybridized carbons (Fsp3) is 0.308. The van der Waals surface area contributed by atoms with Gasteiger partial charge < -0.3 is 5.11 Å². The fourth-order valence-electron chi connectivity index (χ4n) is 1.61. The highest BCUT2D eigenvalue weighted by molar-refractivity contribution is 7.99. The second-order valence-corrected chi connectivity index (χ2v) is 7.31. The van der Waals surface area contributed by atoms with Gasteiger partial charge >= 0.3 is 5.97 Å². The molecule has 1 aromatic rings. The number of benzene rings is 1. The van der Waals surface area contributed by atoms with E-state index in [1.807, 2.05) is 0 Å². The van der Waals surface area contributed by atoms with Crippen LogP contribution in [0.1, 0.15) is 15.9 Å². The second-order valence-electron chi connectivity index (χ2n) is 4.04. The van der Waals surface area contributed by atoms with Crippen molar-refractivity contribution in [2.45, 2.75) is 11.8 Å². The van der Waals surface area contributed by atoms with Gasteiger partial charge in [0.2, 0.25) is 10.0 Å². The molecule has 114 valence electrons. The molecule has 0 saturated heterocycles. The van der Waals surface area contributed by atoms with Gasteiger partial charge in [0.1, 0.15) is 0 Å². The van der Waals surface area contributed by atoms with Gasteiger partial charge in [0.15, 0.2) is 0 Å². The molecule has 0 fully saturated rings. The number of hydrogen-bond donors (Lipinski definition) is 2. The molecule has 5 nitrogen and oxygen atoms in total. The topological polar surface area (TPSA) is 83.5 Å². The molecule has 0 amide bonds. The standard InChI is InChI=1S/C13H14ClNO4S2/c1-3-5-20-6-4-15-21(18,19)12-8-10(14)7-11(9(12)2)13(16)17/h1,7-8,15H,4-6H2,2H3,(H,16,17). The molecule has 0 aromatic heterocycles. The highest BCUT2D eigenvalue weighted by atomic mass is 35.5. The SMILES string of the molecule is C#CCSCCNS(=O)(=O)c1cc(Cl)cc(C(=O)O)c1C. The third-order valence-electron chi connectivity index (χ3n) is 2.57. The summed E-state index contributed by atoms with van der Waals surface area (Å²) in [5.74, 6) is 2.23. The molecule has 0 bridgehead atoms. The number of carbonyl (C=O) groups is 1. The molecule has 0 aliphatic carbocycles. The van der Waals surface area contributed by atoms with E-state index in [1.165, 1.54) is 30.8 Å². The lowest BCUT2D eigenvalue weighted by atomic mass is 10.1. The molecule has 0 saturated carbocycles. The van der Waals surface area contributed by atoms with E-state index in [9.17, 15) is 13.2 Å². The fourth-order valence-corrected chi connectivity index (χ4v) is 3.85. The van der Waals surface area contributed by atoms with Gasteiger partial charge in [0.05, 0.1) is 16.2 Å². The molecule has 8 heteroatoms. The van der Waals surface area contributed by atoms with Crippen molar-refractivity contribution in [3.63, 3.8) is 0 Å². The zero-order chi connectivity index (χ0) is 16.0. The Labute approximate surface area is 133 Å². The highest BCUT2D eigenvalue weighted by Gasteiger charge is 2.21. The van der Waals surface area contributed by atoms with Gasteiger partial charge in [-0.1, -0.05) is 17.5 Å². The zero-order valence-electron chi connectivity index (χ0n) is 11.2. The van der Waals surface area contributed by atoms with Crippen molar-refractivity contribution in [3.05, 3.63) is 28.3 Å². The van der Waals surface area contributed by atoms with E-state index >= 15 is 0 Å². The van der Waals surface area contributed by atoms with Crippen LogP contribution in [0.25, 0.3) is 0 Å². The molecule has 1 rings (SSSR count). The number of carboxylic acid groups (broad SMARTS) is 1. The minimum Gasteiger partial charge on any atom is -0.478 e. The van der Waals surface area contributed by atoms with Crippen molar-refractivity contribution in [1.82, 2.24) is 4.72 Å². The van der Waals surface area contributed by atoms with E-state index in [0.29, 0.717) is 11.5 Å². The monoisotopic (exact) mass is 347 g/mol. The van der Waals surface area contributed by atoms with Crippen LogP contribution in [0.2, 0.25) is 5.02 Å². The first-order chi connectivity index (χ1) is 9.79. The van der Waals surface area contributed by atoms with Crippen molar-refractivity contribution < 1.29 is 18.3 Å². The van der Waals surface area contributed by atoms with Gasteiger partial charge in [-0.2, -0.15) is 0 Å². The third kappa shape index (κ3) is 4.93. The van der Waals surface area contributed by atoms with E-state index < -0.39 is 16.0 Å². The van der Waals surface area contributed by atoms with Gasteiger partial charge in [-0.15, -0.1) is 18.2 Å². The molecule has 0 radical (unpaired) electrons. The first kappa shape index (κ1) is 17.9. The summed E-state index contributed by atoms with van der Waals surface area (Å²) in [6, 6.07) is 2.46. The van der Waals surface area contributed by atoms with Crippen molar-refractivity contribution in [3.8, 4) is 12.3 Å². The van der Waals surface area contributed by atoms with Crippen molar-refractivity contribution in [1.29, 1.82) is 0 Å². The minimum atomic E-state index is -3.82. The molecule has 0 aliphatic rings. The van der Waals surface area contributed by atoms with Gasteiger partial charge in [0.25, 0.3) is 0 Å². The normalized spacial score (nSPS) is 11.1. The van der Waals surface area contributed by atoms with Crippen LogP contribution in [0.15, 0.2) is 17.0 Å². The lowest BCUT2D eigenvalue weighted by Gasteiger charge is -2.11. The van der Waals surface area contributed by atoms with Crippen molar-refractivity contribution in [2.24, 2.45) is 0 Å². The lowest BCUT2D eigenvalue weighted by molar-refractivity contribution is 0.0696. The number of terminal acetylenes is 1. The number of aromatic carboxylic acids is 1. The van der Waals surface area contributed by atoms with Crippen LogP contribution in [0.5, 0.6) is 0 Å². The smallest absolute Gasteiger partial charge is 0.336 e. The zero-order valence-corrected chi connectivity index (χ0v) is 13.6. The first-order valence-corrected chi connectivity index (χ1v) is 8.85. The molecule has 0 aliphatic heterocycles. The van der Waals surface area contributed by atoms with Crippen LogP contribution in [0, 0.1) is 19.3 Å². The van der Waals surface area contributed by atoms with E-state index in [4.69, 9.17) is 23.1 Å².